The van der Waals surface area contributed by atoms with Crippen molar-refractivity contribution in [1.29, 1.82) is 0 Å². The predicted molar refractivity (Wildman–Crippen MR) is 67.3 cm³/mol. The minimum absolute atomic E-state index is 0.0452. The number of aliphatic hydroxyl groups excluding tert-OH is 1. The maximum Gasteiger partial charge on any atom is 0.232 e. The van der Waals surface area contributed by atoms with Crippen LogP contribution in [0.25, 0.3) is 0 Å². The summed E-state index contributed by atoms with van der Waals surface area (Å²) in [6.07, 6.45) is 9.04. The standard InChI is InChI=1S/C13H18ClNO2/c14-12-7-10(9-16)8-15-13(12)17-11-5-3-1-2-4-6-11/h7-8,11,16H,1-6,9H2. The topological polar surface area (TPSA) is 42.4 Å². The Kier molecular flexibility index (Phi) is 4.63. The molecule has 1 heterocycles. The second-order valence-electron chi connectivity index (χ2n) is 4.52. The van der Waals surface area contributed by atoms with Gasteiger partial charge in [-0.1, -0.05) is 24.4 Å². The Labute approximate surface area is 107 Å². The van der Waals surface area contributed by atoms with Gasteiger partial charge in [0, 0.05) is 6.20 Å². The lowest BCUT2D eigenvalue weighted by molar-refractivity contribution is 0.176. The number of rotatable bonds is 3. The Morgan fingerprint density at radius 2 is 2.00 bits per heavy atom. The van der Waals surface area contributed by atoms with E-state index in [9.17, 15) is 0 Å². The molecule has 3 nitrogen and oxygen atoms in total. The third kappa shape index (κ3) is 3.58. The molecule has 1 N–H and O–H groups in total. The monoisotopic (exact) mass is 255 g/mol. The summed E-state index contributed by atoms with van der Waals surface area (Å²) in [6.45, 7) is -0.0452. The number of pyridine rings is 1. The summed E-state index contributed by atoms with van der Waals surface area (Å²) in [6, 6.07) is 1.71. The van der Waals surface area contributed by atoms with Crippen molar-refractivity contribution in [2.75, 3.05) is 0 Å². The van der Waals surface area contributed by atoms with Crippen LogP contribution in [0.4, 0.5) is 0 Å². The number of halogens is 1. The zero-order chi connectivity index (χ0) is 12.1. The van der Waals surface area contributed by atoms with E-state index in [1.807, 2.05) is 0 Å². The van der Waals surface area contributed by atoms with E-state index in [1.165, 1.54) is 25.7 Å². The Balaban J connectivity index is 2.01. The first-order chi connectivity index (χ1) is 8.29. The molecule has 1 aliphatic carbocycles. The second-order valence-corrected chi connectivity index (χ2v) is 4.93. The number of hydrogen-bond donors (Lipinski definition) is 1. The van der Waals surface area contributed by atoms with Crippen molar-refractivity contribution in [3.63, 3.8) is 0 Å². The summed E-state index contributed by atoms with van der Waals surface area (Å²) in [7, 11) is 0. The van der Waals surface area contributed by atoms with Crippen molar-refractivity contribution in [1.82, 2.24) is 4.98 Å². The van der Waals surface area contributed by atoms with Crippen LogP contribution < -0.4 is 4.74 Å². The highest BCUT2D eigenvalue weighted by Gasteiger charge is 2.16. The molecule has 0 spiro atoms. The molecule has 4 heteroatoms. The average molecular weight is 256 g/mol. The molecule has 0 aromatic carbocycles. The molecule has 0 radical (unpaired) electrons. The number of hydrogen-bond acceptors (Lipinski definition) is 3. The van der Waals surface area contributed by atoms with Crippen molar-refractivity contribution in [3.05, 3.63) is 22.8 Å². The fraction of sp³-hybridized carbons (Fsp3) is 0.615. The van der Waals surface area contributed by atoms with Gasteiger partial charge in [-0.15, -0.1) is 0 Å². The normalized spacial score (nSPS) is 17.8. The SMILES string of the molecule is OCc1cnc(OC2CCCCCC2)c(Cl)c1. The minimum Gasteiger partial charge on any atom is -0.473 e. The maximum absolute atomic E-state index is 8.97. The molecular weight excluding hydrogens is 238 g/mol. The first-order valence-electron chi connectivity index (χ1n) is 6.21. The van der Waals surface area contributed by atoms with Crippen molar-refractivity contribution in [2.24, 2.45) is 0 Å². The molecule has 0 aliphatic heterocycles. The van der Waals surface area contributed by atoms with Gasteiger partial charge in [0.2, 0.25) is 5.88 Å². The van der Waals surface area contributed by atoms with Gasteiger partial charge in [-0.2, -0.15) is 0 Å². The van der Waals surface area contributed by atoms with Gasteiger partial charge in [0.25, 0.3) is 0 Å². The highest BCUT2D eigenvalue weighted by atomic mass is 35.5. The lowest BCUT2D eigenvalue weighted by atomic mass is 10.1. The number of nitrogens with zero attached hydrogens (tertiary/aromatic N) is 1. The largest absolute Gasteiger partial charge is 0.473 e. The van der Waals surface area contributed by atoms with Crippen LogP contribution in [-0.2, 0) is 6.61 Å². The molecule has 1 aromatic rings. The first-order valence-corrected chi connectivity index (χ1v) is 6.59. The van der Waals surface area contributed by atoms with Crippen LogP contribution >= 0.6 is 11.6 Å². The predicted octanol–water partition coefficient (Wildman–Crippen LogP) is 3.33. The molecule has 1 fully saturated rings. The molecule has 0 saturated heterocycles. The van der Waals surface area contributed by atoms with Gasteiger partial charge in [-0.05, 0) is 37.3 Å². The summed E-state index contributed by atoms with van der Waals surface area (Å²) < 4.78 is 5.84. The van der Waals surface area contributed by atoms with Crippen molar-refractivity contribution < 1.29 is 9.84 Å². The zero-order valence-electron chi connectivity index (χ0n) is 9.86. The van der Waals surface area contributed by atoms with E-state index in [-0.39, 0.29) is 12.7 Å². The Bertz CT molecular complexity index is 362. The van der Waals surface area contributed by atoms with E-state index in [1.54, 1.807) is 12.3 Å². The molecule has 0 unspecified atom stereocenters. The molecule has 2 rings (SSSR count). The quantitative estimate of drug-likeness (QED) is 0.843. The van der Waals surface area contributed by atoms with Crippen LogP contribution in [0.5, 0.6) is 5.88 Å². The van der Waals surface area contributed by atoms with Crippen molar-refractivity contribution in [3.8, 4) is 5.88 Å². The highest BCUT2D eigenvalue weighted by Crippen LogP contribution is 2.27. The van der Waals surface area contributed by atoms with Crippen molar-refractivity contribution >= 4 is 11.6 Å². The van der Waals surface area contributed by atoms with Gasteiger partial charge >= 0.3 is 0 Å². The average Bonchev–Trinajstić information content (AvgIpc) is 2.60. The molecule has 17 heavy (non-hydrogen) atoms. The van der Waals surface area contributed by atoms with Gasteiger partial charge in [0.1, 0.15) is 11.1 Å². The van der Waals surface area contributed by atoms with E-state index < -0.39 is 0 Å². The molecule has 0 amide bonds. The summed E-state index contributed by atoms with van der Waals surface area (Å²) in [5.41, 5.74) is 0.711. The van der Waals surface area contributed by atoms with Crippen LogP contribution in [0.2, 0.25) is 5.02 Å². The fourth-order valence-corrected chi connectivity index (χ4v) is 2.39. The molecule has 94 valence electrons. The molecule has 1 aliphatic rings. The Hall–Kier alpha value is -0.800. The summed E-state index contributed by atoms with van der Waals surface area (Å²) >= 11 is 6.07. The third-order valence-electron chi connectivity index (χ3n) is 3.13. The van der Waals surface area contributed by atoms with E-state index in [0.717, 1.165) is 12.8 Å². The van der Waals surface area contributed by atoms with Crippen molar-refractivity contribution in [2.45, 2.75) is 51.2 Å². The molecule has 1 aromatic heterocycles. The molecule has 1 saturated carbocycles. The smallest absolute Gasteiger partial charge is 0.232 e. The van der Waals surface area contributed by atoms with E-state index in [0.29, 0.717) is 16.5 Å². The van der Waals surface area contributed by atoms with Gasteiger partial charge < -0.3 is 9.84 Å². The fourth-order valence-electron chi connectivity index (χ4n) is 2.16. The first kappa shape index (κ1) is 12.7. The molecule has 0 atom stereocenters. The van der Waals surface area contributed by atoms with Gasteiger partial charge in [0.15, 0.2) is 0 Å². The Morgan fingerprint density at radius 3 is 2.59 bits per heavy atom. The molecular formula is C13H18ClNO2. The highest BCUT2D eigenvalue weighted by molar-refractivity contribution is 6.31. The van der Waals surface area contributed by atoms with E-state index in [4.69, 9.17) is 21.4 Å². The van der Waals surface area contributed by atoms with Gasteiger partial charge in [-0.3, -0.25) is 0 Å². The van der Waals surface area contributed by atoms with Crippen LogP contribution in [0.15, 0.2) is 12.3 Å². The van der Waals surface area contributed by atoms with Crippen LogP contribution in [0.3, 0.4) is 0 Å². The minimum atomic E-state index is -0.0452. The van der Waals surface area contributed by atoms with Crippen LogP contribution in [0, 0.1) is 0 Å². The Morgan fingerprint density at radius 1 is 1.29 bits per heavy atom. The maximum atomic E-state index is 8.97. The summed E-state index contributed by atoms with van der Waals surface area (Å²) in [4.78, 5) is 4.16. The van der Waals surface area contributed by atoms with Crippen LogP contribution in [0.1, 0.15) is 44.1 Å². The summed E-state index contributed by atoms with van der Waals surface area (Å²) in [5, 5.41) is 9.46. The number of aromatic nitrogens is 1. The van der Waals surface area contributed by atoms with Gasteiger partial charge in [-0.25, -0.2) is 4.98 Å². The van der Waals surface area contributed by atoms with E-state index >= 15 is 0 Å². The summed E-state index contributed by atoms with van der Waals surface area (Å²) in [5.74, 6) is 0.496. The second kappa shape index (κ2) is 6.22. The number of aliphatic hydroxyl groups is 1. The molecule has 0 bridgehead atoms. The lowest BCUT2D eigenvalue weighted by Gasteiger charge is -2.17. The van der Waals surface area contributed by atoms with Crippen LogP contribution in [-0.4, -0.2) is 16.2 Å². The lowest BCUT2D eigenvalue weighted by Crippen LogP contribution is -2.16. The zero-order valence-corrected chi connectivity index (χ0v) is 10.6. The third-order valence-corrected chi connectivity index (χ3v) is 3.40. The van der Waals surface area contributed by atoms with E-state index in [2.05, 4.69) is 4.98 Å². The number of ether oxygens (including phenoxy) is 1. The van der Waals surface area contributed by atoms with Gasteiger partial charge in [0.05, 0.1) is 6.61 Å².